The Morgan fingerprint density at radius 2 is 2.00 bits per heavy atom. The number of Topliss-reactive ketones (excluding diaryl/α,β-unsaturated/α-hetero) is 1. The number of carbonyl (C=O) groups excluding carboxylic acids is 2. The van der Waals surface area contributed by atoms with Gasteiger partial charge in [0.25, 0.3) is 5.91 Å². The number of anilines is 1. The maximum atomic E-state index is 12.6. The van der Waals surface area contributed by atoms with E-state index in [1.165, 1.54) is 0 Å². The van der Waals surface area contributed by atoms with Crippen LogP contribution in [0, 0.1) is 0 Å². The van der Waals surface area contributed by atoms with Crippen molar-refractivity contribution in [2.75, 3.05) is 12.4 Å². The van der Waals surface area contributed by atoms with Gasteiger partial charge < -0.3 is 20.1 Å². The molecule has 0 fully saturated rings. The minimum Gasteiger partial charge on any atom is -0.437 e. The lowest BCUT2D eigenvalue weighted by Crippen LogP contribution is -2.35. The van der Waals surface area contributed by atoms with Crippen LogP contribution in [0.3, 0.4) is 0 Å². The Kier molecular flexibility index (Phi) is 5.29. The molecule has 0 saturated heterocycles. The minimum absolute atomic E-state index is 0.0305. The summed E-state index contributed by atoms with van der Waals surface area (Å²) in [7, 11) is 1.32. The van der Waals surface area contributed by atoms with Gasteiger partial charge in [0.15, 0.2) is 5.78 Å². The van der Waals surface area contributed by atoms with E-state index in [1.54, 1.807) is 13.0 Å². The van der Waals surface area contributed by atoms with Crippen LogP contribution in [0.1, 0.15) is 57.8 Å². The zero-order chi connectivity index (χ0) is 18.8. The lowest BCUT2D eigenvalue weighted by atomic mass is 9.83. The molecule has 3 rings (SSSR count). The van der Waals surface area contributed by atoms with E-state index in [9.17, 15) is 14.6 Å². The van der Waals surface area contributed by atoms with E-state index in [1.807, 2.05) is 43.0 Å². The Bertz CT molecular complexity index is 814. The summed E-state index contributed by atoms with van der Waals surface area (Å²) in [6.07, 6.45) is 3.75. The monoisotopic (exact) mass is 353 g/mol. The molecule has 1 atom stereocenters. The first kappa shape index (κ1) is 18.4. The van der Waals surface area contributed by atoms with Gasteiger partial charge in [-0.2, -0.15) is 0 Å². The minimum atomic E-state index is -0.540. The average molecular weight is 353 g/mol. The first-order valence-corrected chi connectivity index (χ1v) is 8.93. The first-order valence-electron chi connectivity index (χ1n) is 8.93. The third kappa shape index (κ3) is 3.59. The predicted octanol–water partition coefficient (Wildman–Crippen LogP) is 2.89. The summed E-state index contributed by atoms with van der Waals surface area (Å²) < 4.78 is 0. The van der Waals surface area contributed by atoms with Crippen LogP contribution in [-0.2, 0) is 6.42 Å². The molecule has 26 heavy (non-hydrogen) atoms. The normalized spacial score (nSPS) is 14.9. The van der Waals surface area contributed by atoms with E-state index in [-0.39, 0.29) is 17.7 Å². The number of hydrogen-bond acceptors (Lipinski definition) is 4. The van der Waals surface area contributed by atoms with Crippen LogP contribution in [0.15, 0.2) is 30.5 Å². The fraction of sp³-hybridized carbons (Fsp3) is 0.368. The van der Waals surface area contributed by atoms with Crippen molar-refractivity contribution in [1.82, 2.24) is 9.79 Å². The molecule has 1 aliphatic rings. The van der Waals surface area contributed by atoms with Crippen molar-refractivity contribution in [2.45, 2.75) is 39.1 Å². The molecule has 0 spiro atoms. The van der Waals surface area contributed by atoms with Crippen molar-refractivity contribution in [1.29, 1.82) is 0 Å². The summed E-state index contributed by atoms with van der Waals surface area (Å²) in [5, 5.41) is 12.5. The van der Waals surface area contributed by atoms with E-state index < -0.39 is 7.05 Å². The highest BCUT2D eigenvalue weighted by atomic mass is 16.2. The van der Waals surface area contributed by atoms with Crippen LogP contribution in [0.2, 0.25) is 6.82 Å². The van der Waals surface area contributed by atoms with Crippen molar-refractivity contribution < 1.29 is 14.6 Å². The van der Waals surface area contributed by atoms with E-state index in [4.69, 9.17) is 0 Å². The van der Waals surface area contributed by atoms with Gasteiger partial charge in [0.05, 0.1) is 11.1 Å². The number of amides is 1. The highest BCUT2D eigenvalue weighted by Gasteiger charge is 2.26. The second-order valence-corrected chi connectivity index (χ2v) is 6.88. The number of benzene rings is 1. The molecule has 136 valence electrons. The summed E-state index contributed by atoms with van der Waals surface area (Å²) in [5.41, 5.74) is 3.52. The molecule has 0 aliphatic heterocycles. The van der Waals surface area contributed by atoms with Crippen LogP contribution < -0.4 is 5.32 Å². The quantitative estimate of drug-likeness (QED) is 0.722. The van der Waals surface area contributed by atoms with E-state index >= 15 is 0 Å². The number of rotatable bonds is 5. The third-order valence-corrected chi connectivity index (χ3v) is 5.17. The molecule has 0 bridgehead atoms. The number of nitrogens with one attached hydrogen (secondary N) is 2. The molecule has 1 amide bonds. The van der Waals surface area contributed by atoms with Gasteiger partial charge in [-0.25, -0.2) is 0 Å². The number of ketones is 1. The number of fused-ring (bicyclic) bond motifs is 1. The van der Waals surface area contributed by atoms with Crippen molar-refractivity contribution in [3.8, 4) is 0 Å². The molecule has 1 aromatic heterocycles. The van der Waals surface area contributed by atoms with Crippen LogP contribution >= 0.6 is 0 Å². The van der Waals surface area contributed by atoms with Gasteiger partial charge in [0.1, 0.15) is 0 Å². The highest BCUT2D eigenvalue weighted by molar-refractivity contribution is 6.45. The van der Waals surface area contributed by atoms with Crippen LogP contribution in [-0.4, -0.2) is 40.6 Å². The summed E-state index contributed by atoms with van der Waals surface area (Å²) in [6, 6.07) is 7.57. The van der Waals surface area contributed by atoms with Crippen molar-refractivity contribution in [2.24, 2.45) is 0 Å². The SMILES string of the molecule is CB(O)N(C)C(C)c1ccc(NC(=O)c2c[nH]c3c2C(=O)CCC3)cc1. The Balaban J connectivity index is 1.73. The van der Waals surface area contributed by atoms with Gasteiger partial charge in [-0.15, -0.1) is 0 Å². The summed E-state index contributed by atoms with van der Waals surface area (Å²) in [6.45, 7) is 3.74. The summed E-state index contributed by atoms with van der Waals surface area (Å²) in [5.74, 6) is -0.248. The van der Waals surface area contributed by atoms with Crippen LogP contribution in [0.25, 0.3) is 0 Å². The Hall–Kier alpha value is -2.38. The van der Waals surface area contributed by atoms with E-state index in [0.29, 0.717) is 23.2 Å². The number of aryl methyl sites for hydroxylation is 1. The summed E-state index contributed by atoms with van der Waals surface area (Å²) >= 11 is 0. The largest absolute Gasteiger partial charge is 0.437 e. The lowest BCUT2D eigenvalue weighted by Gasteiger charge is -2.26. The third-order valence-electron chi connectivity index (χ3n) is 5.17. The second kappa shape index (κ2) is 7.47. The summed E-state index contributed by atoms with van der Waals surface area (Å²) in [4.78, 5) is 29.6. The Morgan fingerprint density at radius 3 is 2.65 bits per heavy atom. The van der Waals surface area contributed by atoms with Crippen LogP contribution in [0.5, 0.6) is 0 Å². The van der Waals surface area contributed by atoms with Crippen molar-refractivity contribution in [3.05, 3.63) is 52.8 Å². The smallest absolute Gasteiger partial charge is 0.376 e. The van der Waals surface area contributed by atoms with Gasteiger partial charge in [-0.3, -0.25) is 9.59 Å². The average Bonchev–Trinajstić information content (AvgIpc) is 3.06. The van der Waals surface area contributed by atoms with Crippen LogP contribution in [0.4, 0.5) is 5.69 Å². The van der Waals surface area contributed by atoms with Crippen molar-refractivity contribution in [3.63, 3.8) is 0 Å². The van der Waals surface area contributed by atoms with E-state index in [0.717, 1.165) is 24.1 Å². The highest BCUT2D eigenvalue weighted by Crippen LogP contribution is 2.25. The van der Waals surface area contributed by atoms with Gasteiger partial charge >= 0.3 is 7.05 Å². The molecule has 0 saturated carbocycles. The first-order chi connectivity index (χ1) is 12.4. The number of aromatic amines is 1. The molecule has 6 nitrogen and oxygen atoms in total. The molecular weight excluding hydrogens is 329 g/mol. The standard InChI is InChI=1S/C19H24BN3O3/c1-12(23(3)20(2)26)13-7-9-14(10-8-13)22-19(25)15-11-21-16-5-4-6-17(24)18(15)16/h7-12,21,26H,4-6H2,1-3H3,(H,22,25). The molecule has 1 unspecified atom stereocenters. The number of aromatic nitrogens is 1. The molecule has 0 radical (unpaired) electrons. The molecule has 1 aliphatic carbocycles. The number of hydrogen-bond donors (Lipinski definition) is 3. The zero-order valence-electron chi connectivity index (χ0n) is 15.4. The molecule has 1 heterocycles. The number of H-pyrrole nitrogens is 1. The predicted molar refractivity (Wildman–Crippen MR) is 102 cm³/mol. The molecular formula is C19H24BN3O3. The maximum Gasteiger partial charge on any atom is 0.376 e. The Morgan fingerprint density at radius 1 is 1.31 bits per heavy atom. The van der Waals surface area contributed by atoms with Crippen molar-refractivity contribution >= 4 is 24.4 Å². The Labute approximate surface area is 153 Å². The lowest BCUT2D eigenvalue weighted by molar-refractivity contribution is 0.0956. The fourth-order valence-corrected chi connectivity index (χ4v) is 3.31. The van der Waals surface area contributed by atoms with Gasteiger partial charge in [-0.05, 0) is 51.3 Å². The second-order valence-electron chi connectivity index (χ2n) is 6.88. The molecule has 1 aromatic carbocycles. The number of nitrogens with zero attached hydrogens (tertiary/aromatic N) is 1. The molecule has 2 aromatic rings. The van der Waals surface area contributed by atoms with Gasteiger partial charge in [-0.1, -0.05) is 12.1 Å². The number of carbonyl (C=O) groups is 2. The molecule has 7 heteroatoms. The van der Waals surface area contributed by atoms with Gasteiger partial charge in [0, 0.05) is 30.0 Å². The molecule has 3 N–H and O–H groups in total. The maximum absolute atomic E-state index is 12.6. The van der Waals surface area contributed by atoms with Gasteiger partial charge in [0.2, 0.25) is 0 Å². The fourth-order valence-electron chi connectivity index (χ4n) is 3.31. The van der Waals surface area contributed by atoms with E-state index in [2.05, 4.69) is 10.3 Å². The topological polar surface area (TPSA) is 85.4 Å². The zero-order valence-corrected chi connectivity index (χ0v) is 15.4.